The minimum atomic E-state index is -1.01. The standard InChI is InChI=1S/C22H24N2O4/c1-3-13-28-22(27)24-20-12-8-7-11-18(20)14-19(21(25)26)16(2)23-15-17-9-5-4-6-10-17/h3-12,23H,1,13-15H2,2H3,(H,24,27)(H,25,26). The normalized spacial score (nSPS) is 11.2. The van der Waals surface area contributed by atoms with Crippen LogP contribution in [0.2, 0.25) is 0 Å². The first-order valence-corrected chi connectivity index (χ1v) is 8.84. The molecule has 6 heteroatoms. The van der Waals surface area contributed by atoms with Crippen molar-refractivity contribution in [2.75, 3.05) is 11.9 Å². The summed E-state index contributed by atoms with van der Waals surface area (Å²) >= 11 is 0. The van der Waals surface area contributed by atoms with Crippen LogP contribution in [0.25, 0.3) is 0 Å². The number of carbonyl (C=O) groups excluding carboxylic acids is 1. The van der Waals surface area contributed by atoms with Gasteiger partial charge in [-0.05, 0) is 24.1 Å². The molecule has 0 aliphatic heterocycles. The Hall–Kier alpha value is -3.54. The van der Waals surface area contributed by atoms with Crippen molar-refractivity contribution in [3.63, 3.8) is 0 Å². The highest BCUT2D eigenvalue weighted by atomic mass is 16.5. The Morgan fingerprint density at radius 2 is 1.79 bits per heavy atom. The fraction of sp³-hybridized carbons (Fsp3) is 0.182. The van der Waals surface area contributed by atoms with Gasteiger partial charge in [0.1, 0.15) is 6.61 Å². The number of carboxylic acid groups (broad SMARTS) is 1. The quantitative estimate of drug-likeness (QED) is 0.450. The maximum atomic E-state index is 11.8. The van der Waals surface area contributed by atoms with E-state index in [2.05, 4.69) is 17.2 Å². The van der Waals surface area contributed by atoms with Crippen molar-refractivity contribution in [3.8, 4) is 0 Å². The lowest BCUT2D eigenvalue weighted by atomic mass is 10.0. The molecule has 0 bridgehead atoms. The summed E-state index contributed by atoms with van der Waals surface area (Å²) in [6.07, 6.45) is 1.01. The summed E-state index contributed by atoms with van der Waals surface area (Å²) in [5.74, 6) is -1.01. The highest BCUT2D eigenvalue weighted by Crippen LogP contribution is 2.21. The predicted molar refractivity (Wildman–Crippen MR) is 109 cm³/mol. The molecule has 0 aliphatic carbocycles. The molecule has 3 N–H and O–H groups in total. The van der Waals surface area contributed by atoms with Crippen LogP contribution >= 0.6 is 0 Å². The molecule has 1 amide bonds. The van der Waals surface area contributed by atoms with E-state index in [4.69, 9.17) is 4.74 Å². The van der Waals surface area contributed by atoms with Crippen LogP contribution in [0, 0.1) is 0 Å². The third-order valence-electron chi connectivity index (χ3n) is 4.06. The SMILES string of the molecule is C=CCOC(=O)Nc1ccccc1CC(C(=O)O)=C(C)NCc1ccccc1. The highest BCUT2D eigenvalue weighted by molar-refractivity contribution is 5.89. The summed E-state index contributed by atoms with van der Waals surface area (Å²) < 4.78 is 4.93. The lowest BCUT2D eigenvalue weighted by molar-refractivity contribution is -0.132. The second-order valence-corrected chi connectivity index (χ2v) is 6.09. The number of ether oxygens (including phenoxy) is 1. The Kier molecular flexibility index (Phi) is 7.84. The first kappa shape index (κ1) is 20.8. The molecule has 2 rings (SSSR count). The van der Waals surface area contributed by atoms with Crippen LogP contribution in [0.5, 0.6) is 0 Å². The number of carboxylic acids is 1. The molecule has 0 saturated heterocycles. The second kappa shape index (κ2) is 10.6. The number of carbonyl (C=O) groups is 2. The zero-order valence-corrected chi connectivity index (χ0v) is 15.8. The van der Waals surface area contributed by atoms with E-state index in [9.17, 15) is 14.7 Å². The summed E-state index contributed by atoms with van der Waals surface area (Å²) in [6.45, 7) is 5.85. The van der Waals surface area contributed by atoms with Crippen molar-refractivity contribution >= 4 is 17.7 Å². The molecule has 0 aromatic heterocycles. The van der Waals surface area contributed by atoms with Gasteiger partial charge >= 0.3 is 12.1 Å². The molecule has 2 aromatic carbocycles. The zero-order chi connectivity index (χ0) is 20.4. The number of allylic oxidation sites excluding steroid dienone is 1. The highest BCUT2D eigenvalue weighted by Gasteiger charge is 2.16. The van der Waals surface area contributed by atoms with Gasteiger partial charge in [-0.3, -0.25) is 5.32 Å². The van der Waals surface area contributed by atoms with Crippen LogP contribution < -0.4 is 10.6 Å². The number of amides is 1. The molecular formula is C22H24N2O4. The molecule has 146 valence electrons. The van der Waals surface area contributed by atoms with Crippen LogP contribution in [0.1, 0.15) is 18.1 Å². The largest absolute Gasteiger partial charge is 0.478 e. The van der Waals surface area contributed by atoms with Crippen molar-refractivity contribution in [2.24, 2.45) is 0 Å². The van der Waals surface area contributed by atoms with E-state index in [-0.39, 0.29) is 18.6 Å². The van der Waals surface area contributed by atoms with E-state index < -0.39 is 12.1 Å². The van der Waals surface area contributed by atoms with Crippen LogP contribution in [-0.2, 0) is 22.5 Å². The molecular weight excluding hydrogens is 356 g/mol. The van der Waals surface area contributed by atoms with Crippen molar-refractivity contribution < 1.29 is 19.4 Å². The maximum Gasteiger partial charge on any atom is 0.411 e. The third kappa shape index (κ3) is 6.32. The van der Waals surface area contributed by atoms with E-state index >= 15 is 0 Å². The van der Waals surface area contributed by atoms with E-state index in [1.165, 1.54) is 6.08 Å². The molecule has 0 spiro atoms. The fourth-order valence-electron chi connectivity index (χ4n) is 2.57. The number of rotatable bonds is 9. The van der Waals surface area contributed by atoms with Crippen LogP contribution in [0.4, 0.5) is 10.5 Å². The Morgan fingerprint density at radius 1 is 1.11 bits per heavy atom. The summed E-state index contributed by atoms with van der Waals surface area (Å²) in [5, 5.41) is 15.5. The van der Waals surface area contributed by atoms with Crippen molar-refractivity contribution in [1.29, 1.82) is 0 Å². The molecule has 0 saturated carbocycles. The van der Waals surface area contributed by atoms with Gasteiger partial charge in [-0.15, -0.1) is 0 Å². The molecule has 0 aliphatic rings. The average Bonchev–Trinajstić information content (AvgIpc) is 2.70. The van der Waals surface area contributed by atoms with Crippen molar-refractivity contribution in [2.45, 2.75) is 19.9 Å². The predicted octanol–water partition coefficient (Wildman–Crippen LogP) is 4.11. The topological polar surface area (TPSA) is 87.7 Å². The zero-order valence-electron chi connectivity index (χ0n) is 15.8. The Morgan fingerprint density at radius 3 is 2.46 bits per heavy atom. The van der Waals surface area contributed by atoms with Crippen molar-refractivity contribution in [1.82, 2.24) is 5.32 Å². The van der Waals surface area contributed by atoms with Gasteiger partial charge < -0.3 is 15.2 Å². The molecule has 28 heavy (non-hydrogen) atoms. The number of hydrogen-bond acceptors (Lipinski definition) is 4. The number of aliphatic carboxylic acids is 1. The van der Waals surface area contributed by atoms with Gasteiger partial charge in [0, 0.05) is 24.4 Å². The van der Waals surface area contributed by atoms with Gasteiger partial charge in [0.2, 0.25) is 0 Å². The first-order chi connectivity index (χ1) is 13.5. The van der Waals surface area contributed by atoms with Crippen molar-refractivity contribution in [3.05, 3.63) is 89.6 Å². The Bertz CT molecular complexity index is 860. The molecule has 6 nitrogen and oxygen atoms in total. The first-order valence-electron chi connectivity index (χ1n) is 8.84. The van der Waals surface area contributed by atoms with Crippen LogP contribution in [0.3, 0.4) is 0 Å². The molecule has 0 heterocycles. The molecule has 0 radical (unpaired) electrons. The number of hydrogen-bond donors (Lipinski definition) is 3. The molecule has 0 fully saturated rings. The van der Waals surface area contributed by atoms with Gasteiger partial charge in [0.05, 0.1) is 5.57 Å². The van der Waals surface area contributed by atoms with Gasteiger partial charge in [-0.25, -0.2) is 9.59 Å². The van der Waals surface area contributed by atoms with Crippen LogP contribution in [0.15, 0.2) is 78.5 Å². The van der Waals surface area contributed by atoms with E-state index in [1.54, 1.807) is 31.2 Å². The Labute approximate surface area is 164 Å². The monoisotopic (exact) mass is 380 g/mol. The van der Waals surface area contributed by atoms with Gasteiger partial charge in [-0.2, -0.15) is 0 Å². The lowest BCUT2D eigenvalue weighted by Gasteiger charge is -2.14. The van der Waals surface area contributed by atoms with Gasteiger partial charge in [0.15, 0.2) is 0 Å². The summed E-state index contributed by atoms with van der Waals surface area (Å²) in [7, 11) is 0. The summed E-state index contributed by atoms with van der Waals surface area (Å²) in [6, 6.07) is 16.8. The van der Waals surface area contributed by atoms with E-state index in [0.717, 1.165) is 5.56 Å². The maximum absolute atomic E-state index is 11.8. The minimum absolute atomic E-state index is 0.0940. The second-order valence-electron chi connectivity index (χ2n) is 6.09. The van der Waals surface area contributed by atoms with Crippen LogP contribution in [-0.4, -0.2) is 23.8 Å². The fourth-order valence-corrected chi connectivity index (χ4v) is 2.57. The molecule has 0 atom stereocenters. The number of nitrogens with one attached hydrogen (secondary N) is 2. The smallest absolute Gasteiger partial charge is 0.411 e. The minimum Gasteiger partial charge on any atom is -0.478 e. The molecule has 2 aromatic rings. The van der Waals surface area contributed by atoms with E-state index in [1.807, 2.05) is 30.3 Å². The third-order valence-corrected chi connectivity index (χ3v) is 4.06. The lowest BCUT2D eigenvalue weighted by Crippen LogP contribution is -2.19. The summed E-state index contributed by atoms with van der Waals surface area (Å²) in [5.41, 5.74) is 3.03. The molecule has 0 unspecified atom stereocenters. The number of anilines is 1. The van der Waals surface area contributed by atoms with Gasteiger partial charge in [0.25, 0.3) is 0 Å². The van der Waals surface area contributed by atoms with Gasteiger partial charge in [-0.1, -0.05) is 61.2 Å². The number of para-hydroxylation sites is 1. The Balaban J connectivity index is 2.16. The van der Waals surface area contributed by atoms with E-state index in [0.29, 0.717) is 23.5 Å². The average molecular weight is 380 g/mol. The number of benzene rings is 2. The summed E-state index contributed by atoms with van der Waals surface area (Å²) in [4.78, 5) is 23.6.